The Labute approximate surface area is 137 Å². The van der Waals surface area contributed by atoms with Crippen LogP contribution in [0, 0.1) is 5.92 Å². The fraction of sp³-hybridized carbons (Fsp3) is 0.421. The third-order valence-corrected chi connectivity index (χ3v) is 3.60. The largest absolute Gasteiger partial charge is 0.507 e. The van der Waals surface area contributed by atoms with Gasteiger partial charge in [-0.25, -0.2) is 0 Å². The van der Waals surface area contributed by atoms with Crippen LogP contribution in [-0.4, -0.2) is 17.7 Å². The van der Waals surface area contributed by atoms with Crippen molar-refractivity contribution in [3.63, 3.8) is 0 Å². The monoisotopic (exact) mass is 316 g/mol. The first kappa shape index (κ1) is 17.1. The van der Waals surface area contributed by atoms with Crippen molar-refractivity contribution in [2.75, 3.05) is 6.61 Å². The molecule has 0 saturated heterocycles. The predicted octanol–water partition coefficient (Wildman–Crippen LogP) is 4.46. The average molecular weight is 316 g/mol. The van der Waals surface area contributed by atoms with E-state index in [-0.39, 0.29) is 18.1 Å². The van der Waals surface area contributed by atoms with Crippen LogP contribution in [0.25, 0.3) is 10.8 Å². The van der Waals surface area contributed by atoms with Gasteiger partial charge in [-0.15, -0.1) is 0 Å². The zero-order chi connectivity index (χ0) is 17.0. The van der Waals surface area contributed by atoms with Crippen molar-refractivity contribution < 1.29 is 19.4 Å². The maximum Gasteiger partial charge on any atom is 0.311 e. The summed E-state index contributed by atoms with van der Waals surface area (Å²) in [7, 11) is 0. The van der Waals surface area contributed by atoms with Crippen molar-refractivity contribution in [3.05, 3.63) is 29.8 Å². The predicted molar refractivity (Wildman–Crippen MR) is 91.2 cm³/mol. The second kappa shape index (κ2) is 7.36. The maximum atomic E-state index is 11.9. The van der Waals surface area contributed by atoms with Gasteiger partial charge in [0.05, 0.1) is 6.61 Å². The third kappa shape index (κ3) is 3.58. The van der Waals surface area contributed by atoms with Crippen molar-refractivity contribution in [2.24, 2.45) is 5.92 Å². The minimum Gasteiger partial charge on any atom is -0.507 e. The summed E-state index contributed by atoms with van der Waals surface area (Å²) < 4.78 is 11.3. The summed E-state index contributed by atoms with van der Waals surface area (Å²) in [6.45, 7) is 8.20. The van der Waals surface area contributed by atoms with E-state index in [0.717, 1.165) is 0 Å². The maximum absolute atomic E-state index is 11.9. The molecule has 0 saturated carbocycles. The van der Waals surface area contributed by atoms with Crippen molar-refractivity contribution in [3.8, 4) is 17.2 Å². The number of carbonyl (C=O) groups excluding carboxylic acids is 1. The summed E-state index contributed by atoms with van der Waals surface area (Å²) in [5.74, 6) is 1.09. The summed E-state index contributed by atoms with van der Waals surface area (Å²) in [4.78, 5) is 11.9. The Morgan fingerprint density at radius 1 is 1.13 bits per heavy atom. The van der Waals surface area contributed by atoms with E-state index in [2.05, 4.69) is 13.8 Å². The number of hydrogen-bond donors (Lipinski definition) is 1. The van der Waals surface area contributed by atoms with Gasteiger partial charge in [0, 0.05) is 22.8 Å². The zero-order valence-electron chi connectivity index (χ0n) is 14.2. The second-order valence-electron chi connectivity index (χ2n) is 5.89. The Balaban J connectivity index is 2.77. The standard InChI is InChI=1S/C19H24O4/c1-5-16(20)23-19-14-10-8-7-9-13(14)17(21)15(11-12(3)4)18(19)22-6-2/h7-10,12,21H,5-6,11H2,1-4H3. The van der Waals surface area contributed by atoms with Gasteiger partial charge >= 0.3 is 5.97 Å². The first-order valence-electron chi connectivity index (χ1n) is 8.09. The van der Waals surface area contributed by atoms with Crippen LogP contribution in [0.1, 0.15) is 39.7 Å². The van der Waals surface area contributed by atoms with E-state index >= 15 is 0 Å². The Kier molecular flexibility index (Phi) is 5.48. The zero-order valence-corrected chi connectivity index (χ0v) is 14.2. The number of ether oxygens (including phenoxy) is 2. The van der Waals surface area contributed by atoms with Crippen molar-refractivity contribution in [2.45, 2.75) is 40.5 Å². The number of carbonyl (C=O) groups is 1. The van der Waals surface area contributed by atoms with E-state index in [1.807, 2.05) is 31.2 Å². The molecule has 0 aliphatic heterocycles. The highest BCUT2D eigenvalue weighted by Gasteiger charge is 2.23. The smallest absolute Gasteiger partial charge is 0.311 e. The van der Waals surface area contributed by atoms with Crippen LogP contribution < -0.4 is 9.47 Å². The van der Waals surface area contributed by atoms with E-state index in [0.29, 0.717) is 46.8 Å². The molecule has 0 heterocycles. The lowest BCUT2D eigenvalue weighted by molar-refractivity contribution is -0.134. The molecule has 0 fully saturated rings. The van der Waals surface area contributed by atoms with Crippen molar-refractivity contribution >= 4 is 16.7 Å². The van der Waals surface area contributed by atoms with Crippen LogP contribution in [0.4, 0.5) is 0 Å². The Hall–Kier alpha value is -2.23. The summed E-state index contributed by atoms with van der Waals surface area (Å²) in [6, 6.07) is 7.36. The number of hydrogen-bond acceptors (Lipinski definition) is 4. The molecule has 124 valence electrons. The first-order chi connectivity index (χ1) is 11.0. The highest BCUT2D eigenvalue weighted by atomic mass is 16.6. The molecule has 0 aliphatic rings. The molecule has 2 aromatic rings. The number of benzene rings is 2. The molecule has 0 radical (unpaired) electrons. The van der Waals surface area contributed by atoms with Gasteiger partial charge < -0.3 is 14.6 Å². The number of esters is 1. The lowest BCUT2D eigenvalue weighted by atomic mass is 9.96. The molecule has 23 heavy (non-hydrogen) atoms. The fourth-order valence-electron chi connectivity index (χ4n) is 2.60. The van der Waals surface area contributed by atoms with Gasteiger partial charge in [-0.1, -0.05) is 45.0 Å². The van der Waals surface area contributed by atoms with Crippen molar-refractivity contribution in [1.29, 1.82) is 0 Å². The van der Waals surface area contributed by atoms with Crippen LogP contribution in [0.2, 0.25) is 0 Å². The molecule has 4 nitrogen and oxygen atoms in total. The molecule has 0 aromatic heterocycles. The summed E-state index contributed by atoms with van der Waals surface area (Å²) in [5, 5.41) is 12.1. The van der Waals surface area contributed by atoms with Gasteiger partial charge in [-0.2, -0.15) is 0 Å². The Morgan fingerprint density at radius 3 is 2.35 bits per heavy atom. The molecule has 0 atom stereocenters. The van der Waals surface area contributed by atoms with E-state index in [9.17, 15) is 9.90 Å². The van der Waals surface area contributed by atoms with Gasteiger partial charge in [0.15, 0.2) is 11.5 Å². The van der Waals surface area contributed by atoms with Crippen LogP contribution in [0.3, 0.4) is 0 Å². The van der Waals surface area contributed by atoms with Gasteiger partial charge in [-0.3, -0.25) is 4.79 Å². The topological polar surface area (TPSA) is 55.8 Å². The van der Waals surface area contributed by atoms with Crippen molar-refractivity contribution in [1.82, 2.24) is 0 Å². The number of phenolic OH excluding ortho intramolecular Hbond substituents is 1. The normalized spacial score (nSPS) is 11.0. The van der Waals surface area contributed by atoms with Crippen LogP contribution in [-0.2, 0) is 11.2 Å². The second-order valence-corrected chi connectivity index (χ2v) is 5.89. The van der Waals surface area contributed by atoms with E-state index in [1.54, 1.807) is 6.92 Å². The molecule has 0 aliphatic carbocycles. The van der Waals surface area contributed by atoms with Crippen LogP contribution in [0.15, 0.2) is 24.3 Å². The number of fused-ring (bicyclic) bond motifs is 1. The third-order valence-electron chi connectivity index (χ3n) is 3.60. The summed E-state index contributed by atoms with van der Waals surface area (Å²) in [5.41, 5.74) is 0.694. The molecule has 0 amide bonds. The lowest BCUT2D eigenvalue weighted by Gasteiger charge is -2.20. The molecule has 0 bridgehead atoms. The minimum atomic E-state index is -0.322. The first-order valence-corrected chi connectivity index (χ1v) is 8.09. The highest BCUT2D eigenvalue weighted by Crippen LogP contribution is 2.46. The molecule has 2 aromatic carbocycles. The van der Waals surface area contributed by atoms with Crippen LogP contribution in [0.5, 0.6) is 17.2 Å². The quantitative estimate of drug-likeness (QED) is 0.631. The van der Waals surface area contributed by atoms with Gasteiger partial charge in [0.1, 0.15) is 5.75 Å². The fourth-order valence-corrected chi connectivity index (χ4v) is 2.60. The molecular weight excluding hydrogens is 292 g/mol. The molecule has 4 heteroatoms. The molecule has 0 unspecified atom stereocenters. The van der Waals surface area contributed by atoms with E-state index in [1.165, 1.54) is 0 Å². The Morgan fingerprint density at radius 2 is 1.78 bits per heavy atom. The number of rotatable bonds is 6. The molecular formula is C19H24O4. The SMILES string of the molecule is CCOc1c(CC(C)C)c(O)c2ccccc2c1OC(=O)CC. The molecule has 2 rings (SSSR count). The lowest BCUT2D eigenvalue weighted by Crippen LogP contribution is -2.10. The Bertz CT molecular complexity index is 704. The molecule has 1 N–H and O–H groups in total. The van der Waals surface area contributed by atoms with Crippen LogP contribution >= 0.6 is 0 Å². The van der Waals surface area contributed by atoms with Gasteiger partial charge in [-0.05, 0) is 19.3 Å². The summed E-state index contributed by atoms with van der Waals surface area (Å²) >= 11 is 0. The minimum absolute atomic E-state index is 0.203. The van der Waals surface area contributed by atoms with Gasteiger partial charge in [0.25, 0.3) is 0 Å². The summed E-state index contributed by atoms with van der Waals surface area (Å²) in [6.07, 6.45) is 0.920. The number of aromatic hydroxyl groups is 1. The number of phenols is 1. The molecule has 0 spiro atoms. The van der Waals surface area contributed by atoms with E-state index < -0.39 is 0 Å². The highest BCUT2D eigenvalue weighted by molar-refractivity contribution is 5.98. The van der Waals surface area contributed by atoms with E-state index in [4.69, 9.17) is 9.47 Å². The van der Waals surface area contributed by atoms with Gasteiger partial charge in [0.2, 0.25) is 0 Å². The average Bonchev–Trinajstić information content (AvgIpc) is 2.54.